The lowest BCUT2D eigenvalue weighted by atomic mass is 9.91. The Morgan fingerprint density at radius 3 is 2.55 bits per heavy atom. The second-order valence-corrected chi connectivity index (χ2v) is 7.17. The molecule has 1 atom stereocenters. The average Bonchev–Trinajstić information content (AvgIpc) is 2.37. The fourth-order valence-electron chi connectivity index (χ4n) is 2.66. The highest BCUT2D eigenvalue weighted by atomic mass is 35.5. The number of nitrogens with zero attached hydrogens (tertiary/aromatic N) is 3. The molecule has 112 valence electrons. The molecule has 1 aliphatic rings. The van der Waals surface area contributed by atoms with Crippen LogP contribution in [0.25, 0.3) is 0 Å². The molecule has 0 bridgehead atoms. The van der Waals surface area contributed by atoms with Crippen LogP contribution in [0.1, 0.15) is 39.0 Å². The van der Waals surface area contributed by atoms with Gasteiger partial charge in [-0.15, -0.1) is 11.6 Å². The van der Waals surface area contributed by atoms with Gasteiger partial charge < -0.3 is 9.80 Å². The predicted octanol–water partition coefficient (Wildman–Crippen LogP) is 3.26. The van der Waals surface area contributed by atoms with Crippen LogP contribution in [-0.2, 0) is 11.3 Å². The summed E-state index contributed by atoms with van der Waals surface area (Å²) in [5.41, 5.74) is 2.33. The van der Waals surface area contributed by atoms with Crippen molar-refractivity contribution in [1.82, 2.24) is 9.88 Å². The standard InChI is InChI=1S/C16H26ClN3/c1-12-11-19(5)6-7-20(12)15-9-13(10-17)8-14(18-15)16(2,3)4/h8-9,12H,6-7,10-11H2,1-5H3. The maximum absolute atomic E-state index is 6.06. The van der Waals surface area contributed by atoms with E-state index in [1.807, 2.05) is 0 Å². The fraction of sp³-hybridized carbons (Fsp3) is 0.688. The van der Waals surface area contributed by atoms with Crippen LogP contribution < -0.4 is 4.90 Å². The highest BCUT2D eigenvalue weighted by Gasteiger charge is 2.25. The SMILES string of the molecule is CC1CN(C)CCN1c1cc(CCl)cc(C(C)(C)C)n1. The van der Waals surface area contributed by atoms with Gasteiger partial charge in [-0.2, -0.15) is 0 Å². The van der Waals surface area contributed by atoms with Crippen molar-refractivity contribution in [3.05, 3.63) is 23.4 Å². The molecule has 2 heterocycles. The lowest BCUT2D eigenvalue weighted by Gasteiger charge is -2.39. The smallest absolute Gasteiger partial charge is 0.129 e. The van der Waals surface area contributed by atoms with E-state index < -0.39 is 0 Å². The Kier molecular flexibility index (Phi) is 4.60. The first-order valence-electron chi connectivity index (χ1n) is 7.34. The number of likely N-dealkylation sites (N-methyl/N-ethyl adjacent to an activating group) is 1. The summed E-state index contributed by atoms with van der Waals surface area (Å²) >= 11 is 6.06. The molecular weight excluding hydrogens is 270 g/mol. The first kappa shape index (κ1) is 15.6. The predicted molar refractivity (Wildman–Crippen MR) is 86.8 cm³/mol. The Hall–Kier alpha value is -0.800. The Morgan fingerprint density at radius 1 is 1.30 bits per heavy atom. The summed E-state index contributed by atoms with van der Waals surface area (Å²) in [5, 5.41) is 0. The zero-order chi connectivity index (χ0) is 14.9. The van der Waals surface area contributed by atoms with Gasteiger partial charge in [-0.3, -0.25) is 0 Å². The average molecular weight is 296 g/mol. The lowest BCUT2D eigenvalue weighted by molar-refractivity contribution is 0.274. The van der Waals surface area contributed by atoms with E-state index in [2.05, 4.69) is 56.7 Å². The quantitative estimate of drug-likeness (QED) is 0.781. The van der Waals surface area contributed by atoms with Crippen molar-refractivity contribution in [2.45, 2.75) is 45.0 Å². The number of aromatic nitrogens is 1. The van der Waals surface area contributed by atoms with Gasteiger partial charge in [-0.1, -0.05) is 20.8 Å². The topological polar surface area (TPSA) is 19.4 Å². The molecule has 1 unspecified atom stereocenters. The van der Waals surface area contributed by atoms with Crippen LogP contribution in [0.2, 0.25) is 0 Å². The molecule has 0 N–H and O–H groups in total. The Bertz CT molecular complexity index is 467. The Morgan fingerprint density at radius 2 is 2.00 bits per heavy atom. The van der Waals surface area contributed by atoms with Crippen molar-refractivity contribution < 1.29 is 0 Å². The maximum atomic E-state index is 6.06. The third kappa shape index (κ3) is 3.44. The minimum Gasteiger partial charge on any atom is -0.351 e. The largest absolute Gasteiger partial charge is 0.351 e. The van der Waals surface area contributed by atoms with Crippen molar-refractivity contribution in [3.8, 4) is 0 Å². The molecule has 1 fully saturated rings. The van der Waals surface area contributed by atoms with E-state index in [0.717, 1.165) is 36.7 Å². The number of hydrogen-bond acceptors (Lipinski definition) is 3. The van der Waals surface area contributed by atoms with Crippen LogP contribution in [0.15, 0.2) is 12.1 Å². The van der Waals surface area contributed by atoms with Crippen LogP contribution in [0.3, 0.4) is 0 Å². The number of alkyl halides is 1. The summed E-state index contributed by atoms with van der Waals surface area (Å²) in [7, 11) is 2.18. The van der Waals surface area contributed by atoms with Crippen molar-refractivity contribution in [1.29, 1.82) is 0 Å². The number of hydrogen-bond donors (Lipinski definition) is 0. The molecule has 0 radical (unpaired) electrons. The number of rotatable bonds is 2. The molecule has 0 aromatic carbocycles. The fourth-order valence-corrected chi connectivity index (χ4v) is 2.81. The maximum Gasteiger partial charge on any atom is 0.129 e. The van der Waals surface area contributed by atoms with Crippen LogP contribution in [0, 0.1) is 0 Å². The summed E-state index contributed by atoms with van der Waals surface area (Å²) in [6, 6.07) is 4.76. The van der Waals surface area contributed by atoms with Crippen molar-refractivity contribution >= 4 is 17.4 Å². The minimum absolute atomic E-state index is 0.0482. The summed E-state index contributed by atoms with van der Waals surface area (Å²) in [4.78, 5) is 9.68. The zero-order valence-electron chi connectivity index (χ0n) is 13.3. The van der Waals surface area contributed by atoms with Crippen molar-refractivity contribution in [2.75, 3.05) is 31.6 Å². The van der Waals surface area contributed by atoms with Crippen LogP contribution in [-0.4, -0.2) is 42.6 Å². The second-order valence-electron chi connectivity index (χ2n) is 6.91. The van der Waals surface area contributed by atoms with E-state index in [-0.39, 0.29) is 5.41 Å². The number of pyridine rings is 1. The molecule has 3 nitrogen and oxygen atoms in total. The lowest BCUT2D eigenvalue weighted by Crippen LogP contribution is -2.51. The Balaban J connectivity index is 2.36. The third-order valence-corrected chi connectivity index (χ3v) is 4.23. The number of piperazine rings is 1. The van der Waals surface area contributed by atoms with Gasteiger partial charge in [0.1, 0.15) is 5.82 Å². The van der Waals surface area contributed by atoms with E-state index in [4.69, 9.17) is 16.6 Å². The first-order chi connectivity index (χ1) is 9.31. The van der Waals surface area contributed by atoms with Crippen LogP contribution in [0.4, 0.5) is 5.82 Å². The van der Waals surface area contributed by atoms with Crippen LogP contribution in [0.5, 0.6) is 0 Å². The molecule has 0 amide bonds. The third-order valence-electron chi connectivity index (χ3n) is 3.92. The molecule has 20 heavy (non-hydrogen) atoms. The van der Waals surface area contributed by atoms with Crippen LogP contribution >= 0.6 is 11.6 Å². The molecule has 4 heteroatoms. The molecule has 0 aliphatic carbocycles. The molecule has 0 spiro atoms. The summed E-state index contributed by atoms with van der Waals surface area (Å²) in [6.07, 6.45) is 0. The van der Waals surface area contributed by atoms with E-state index in [0.29, 0.717) is 11.9 Å². The van der Waals surface area contributed by atoms with Crippen molar-refractivity contribution in [2.24, 2.45) is 0 Å². The normalized spacial score (nSPS) is 21.3. The van der Waals surface area contributed by atoms with E-state index in [1.54, 1.807) is 0 Å². The van der Waals surface area contributed by atoms with Gasteiger partial charge in [0, 0.05) is 42.7 Å². The van der Waals surface area contributed by atoms with Gasteiger partial charge in [0.25, 0.3) is 0 Å². The molecule has 1 aromatic heterocycles. The molecular formula is C16H26ClN3. The monoisotopic (exact) mass is 295 g/mol. The first-order valence-corrected chi connectivity index (χ1v) is 7.87. The molecule has 2 rings (SSSR count). The highest BCUT2D eigenvalue weighted by Crippen LogP contribution is 2.27. The molecule has 1 aliphatic heterocycles. The molecule has 0 saturated carbocycles. The van der Waals surface area contributed by atoms with E-state index >= 15 is 0 Å². The summed E-state index contributed by atoms with van der Waals surface area (Å²) in [6.45, 7) is 12.1. The van der Waals surface area contributed by atoms with Gasteiger partial charge in [0.15, 0.2) is 0 Å². The zero-order valence-corrected chi connectivity index (χ0v) is 14.0. The van der Waals surface area contributed by atoms with Gasteiger partial charge in [0.2, 0.25) is 0 Å². The van der Waals surface area contributed by atoms with Crippen molar-refractivity contribution in [3.63, 3.8) is 0 Å². The van der Waals surface area contributed by atoms with Gasteiger partial charge in [-0.05, 0) is 31.7 Å². The summed E-state index contributed by atoms with van der Waals surface area (Å²) in [5.74, 6) is 1.62. The van der Waals surface area contributed by atoms with E-state index in [9.17, 15) is 0 Å². The second kappa shape index (κ2) is 5.90. The highest BCUT2D eigenvalue weighted by molar-refractivity contribution is 6.17. The minimum atomic E-state index is 0.0482. The van der Waals surface area contributed by atoms with Gasteiger partial charge in [0.05, 0.1) is 0 Å². The number of anilines is 1. The summed E-state index contributed by atoms with van der Waals surface area (Å²) < 4.78 is 0. The molecule has 1 aromatic rings. The molecule has 1 saturated heterocycles. The van der Waals surface area contributed by atoms with Gasteiger partial charge >= 0.3 is 0 Å². The van der Waals surface area contributed by atoms with E-state index in [1.165, 1.54) is 0 Å². The number of halogens is 1. The van der Waals surface area contributed by atoms with Gasteiger partial charge in [-0.25, -0.2) is 4.98 Å². The Labute approximate surface area is 127 Å².